The number of H-pyrrole nitrogens is 3. The molecule has 45 heavy (non-hydrogen) atoms. The summed E-state index contributed by atoms with van der Waals surface area (Å²) in [6.45, 7) is 21.2. The highest BCUT2D eigenvalue weighted by Crippen LogP contribution is 2.42. The maximum Gasteiger partial charge on any atom is 0.248 e. The van der Waals surface area contributed by atoms with Gasteiger partial charge in [-0.1, -0.05) is 72.7 Å². The Morgan fingerprint density at radius 2 is 1.27 bits per heavy atom. The summed E-state index contributed by atoms with van der Waals surface area (Å²) in [6.07, 6.45) is 1.03. The third kappa shape index (κ3) is 5.16. The van der Waals surface area contributed by atoms with Crippen LogP contribution in [0.25, 0.3) is 32.6 Å². The summed E-state index contributed by atoms with van der Waals surface area (Å²) in [5.41, 5.74) is 7.81. The lowest BCUT2D eigenvalue weighted by Gasteiger charge is -2.31. The molecule has 3 N–H and O–H groups in total. The van der Waals surface area contributed by atoms with E-state index in [0.29, 0.717) is 29.5 Å². The van der Waals surface area contributed by atoms with Crippen molar-refractivity contribution in [2.24, 2.45) is 0 Å². The number of aryl methyl sites for hydroxylation is 2. The zero-order chi connectivity index (χ0) is 32.6. The molecule has 0 aliphatic carbocycles. The molecular formula is C38H44FN5O. The molecule has 0 radical (unpaired) electrons. The van der Waals surface area contributed by atoms with Crippen LogP contribution >= 0.6 is 0 Å². The second-order valence-corrected chi connectivity index (χ2v) is 15.2. The molecule has 3 heterocycles. The van der Waals surface area contributed by atoms with E-state index in [4.69, 9.17) is 0 Å². The number of aromatic nitrogens is 5. The Morgan fingerprint density at radius 1 is 0.711 bits per heavy atom. The van der Waals surface area contributed by atoms with E-state index in [2.05, 4.69) is 93.8 Å². The van der Waals surface area contributed by atoms with E-state index >= 15 is 4.39 Å². The average molecular weight is 606 g/mol. The number of nitrogens with one attached hydrogen (secondary N) is 3. The highest BCUT2D eigenvalue weighted by atomic mass is 19.1. The summed E-state index contributed by atoms with van der Waals surface area (Å²) in [4.78, 5) is 15.8. The van der Waals surface area contributed by atoms with Gasteiger partial charge >= 0.3 is 0 Å². The molecular weight excluding hydrogens is 561 g/mol. The number of halogens is 1. The maximum atomic E-state index is 17.1. The molecule has 0 unspecified atom stereocenters. The molecule has 0 amide bonds. The summed E-state index contributed by atoms with van der Waals surface area (Å²) in [7, 11) is 0. The van der Waals surface area contributed by atoms with Gasteiger partial charge in [0.25, 0.3) is 0 Å². The summed E-state index contributed by atoms with van der Waals surface area (Å²) in [5, 5.41) is 19.5. The van der Waals surface area contributed by atoms with E-state index in [1.807, 2.05) is 37.3 Å². The van der Waals surface area contributed by atoms with Crippen LogP contribution in [0.2, 0.25) is 0 Å². The average Bonchev–Trinajstić information content (AvgIpc) is 3.49. The predicted molar refractivity (Wildman–Crippen MR) is 183 cm³/mol. The summed E-state index contributed by atoms with van der Waals surface area (Å²) >= 11 is 0. The van der Waals surface area contributed by atoms with Crippen LogP contribution in [0.15, 0.2) is 47.3 Å². The van der Waals surface area contributed by atoms with Gasteiger partial charge in [0.1, 0.15) is 5.82 Å². The number of hydrogen-bond donors (Lipinski definition) is 3. The van der Waals surface area contributed by atoms with E-state index in [1.54, 1.807) is 6.07 Å². The van der Waals surface area contributed by atoms with Crippen LogP contribution < -0.4 is 5.56 Å². The first-order valence-electron chi connectivity index (χ1n) is 15.8. The normalized spacial score (nSPS) is 13.0. The van der Waals surface area contributed by atoms with Crippen LogP contribution in [0.5, 0.6) is 0 Å². The number of benzene rings is 3. The van der Waals surface area contributed by atoms with E-state index in [9.17, 15) is 4.79 Å². The molecule has 234 valence electrons. The monoisotopic (exact) mass is 605 g/mol. The van der Waals surface area contributed by atoms with Crippen LogP contribution in [0.4, 0.5) is 4.39 Å². The van der Waals surface area contributed by atoms with Crippen LogP contribution in [-0.4, -0.2) is 25.4 Å². The Kier molecular flexibility index (Phi) is 7.11. The lowest BCUT2D eigenvalue weighted by molar-refractivity contribution is 0.459. The van der Waals surface area contributed by atoms with Gasteiger partial charge in [0, 0.05) is 50.3 Å². The topological polar surface area (TPSA) is 90.2 Å². The quantitative estimate of drug-likeness (QED) is 0.177. The fourth-order valence-electron chi connectivity index (χ4n) is 7.46. The van der Waals surface area contributed by atoms with Crippen molar-refractivity contribution in [2.45, 2.75) is 98.3 Å². The van der Waals surface area contributed by atoms with Gasteiger partial charge in [-0.2, -0.15) is 10.2 Å². The highest BCUT2D eigenvalue weighted by Gasteiger charge is 2.35. The Balaban J connectivity index is 1.50. The van der Waals surface area contributed by atoms with Gasteiger partial charge in [0.15, 0.2) is 0 Å². The smallest absolute Gasteiger partial charge is 0.248 e. The third-order valence-electron chi connectivity index (χ3n) is 9.59. The van der Waals surface area contributed by atoms with Gasteiger partial charge in [-0.3, -0.25) is 15.0 Å². The first kappa shape index (κ1) is 30.8. The molecule has 0 bridgehead atoms. The number of aromatic amines is 3. The minimum atomic E-state index is -0.594. The predicted octanol–water partition coefficient (Wildman–Crippen LogP) is 8.68. The SMILES string of the molecule is Cc1c(CC(C)(C)c2c(F)c(CC(C)(C)c3[nH]c(=O)cc4ccccc34)cc3c(C)[nH]nc23)cc2c(C)[nH]nc2c1C(C)(C)C. The number of nitrogens with zero attached hydrogens (tertiary/aromatic N) is 2. The summed E-state index contributed by atoms with van der Waals surface area (Å²) in [6, 6.07) is 13.7. The second-order valence-electron chi connectivity index (χ2n) is 15.2. The van der Waals surface area contributed by atoms with E-state index < -0.39 is 10.8 Å². The second kappa shape index (κ2) is 10.4. The van der Waals surface area contributed by atoms with Crippen molar-refractivity contribution < 1.29 is 4.39 Å². The van der Waals surface area contributed by atoms with Crippen molar-refractivity contribution in [3.05, 3.63) is 104 Å². The molecule has 6 nitrogen and oxygen atoms in total. The highest BCUT2D eigenvalue weighted by molar-refractivity contribution is 5.89. The van der Waals surface area contributed by atoms with Gasteiger partial charge in [-0.25, -0.2) is 4.39 Å². The van der Waals surface area contributed by atoms with Crippen molar-refractivity contribution in [3.63, 3.8) is 0 Å². The molecule has 7 heteroatoms. The van der Waals surface area contributed by atoms with Crippen LogP contribution in [0, 0.1) is 26.6 Å². The van der Waals surface area contributed by atoms with Gasteiger partial charge in [-0.05, 0) is 84.2 Å². The zero-order valence-electron chi connectivity index (χ0n) is 28.1. The fourth-order valence-corrected chi connectivity index (χ4v) is 7.46. The molecule has 3 aromatic heterocycles. The Morgan fingerprint density at radius 3 is 1.89 bits per heavy atom. The Labute approximate surface area is 263 Å². The summed E-state index contributed by atoms with van der Waals surface area (Å²) in [5.74, 6) is -0.232. The minimum absolute atomic E-state index is 0.115. The number of fused-ring (bicyclic) bond motifs is 3. The van der Waals surface area contributed by atoms with Crippen LogP contribution in [0.1, 0.15) is 93.4 Å². The molecule has 0 atom stereocenters. The van der Waals surface area contributed by atoms with E-state index in [0.717, 1.165) is 44.1 Å². The van der Waals surface area contributed by atoms with Crippen molar-refractivity contribution in [2.75, 3.05) is 0 Å². The van der Waals surface area contributed by atoms with Gasteiger partial charge in [-0.15, -0.1) is 0 Å². The van der Waals surface area contributed by atoms with Gasteiger partial charge in [0.05, 0.1) is 11.0 Å². The standard InChI is InChI=1S/C38H44FN5O/c1-20-24(15-27-21(2)41-43-33(27)30(20)36(4,5)6)18-37(7,8)31-32(39)25(16-28-22(3)42-44-34(28)31)19-38(9,10)35-26-14-12-11-13-23(26)17-29(45)40-35/h11-17H,18-19H2,1-10H3,(H,40,45)(H,41,43)(H,42,44). The lowest BCUT2D eigenvalue weighted by atomic mass is 9.73. The van der Waals surface area contributed by atoms with Crippen molar-refractivity contribution in [1.82, 2.24) is 25.4 Å². The molecule has 0 aliphatic heterocycles. The van der Waals surface area contributed by atoms with E-state index in [-0.39, 0.29) is 16.8 Å². The summed E-state index contributed by atoms with van der Waals surface area (Å²) < 4.78 is 17.1. The largest absolute Gasteiger partial charge is 0.325 e. The Hall–Kier alpha value is -4.26. The number of rotatable bonds is 6. The maximum absolute atomic E-state index is 17.1. The first-order valence-corrected chi connectivity index (χ1v) is 15.8. The molecule has 6 rings (SSSR count). The van der Waals surface area contributed by atoms with E-state index in [1.165, 1.54) is 16.7 Å². The van der Waals surface area contributed by atoms with Crippen LogP contribution in [-0.2, 0) is 29.1 Å². The number of hydrogen-bond acceptors (Lipinski definition) is 3. The fraction of sp³-hybridized carbons (Fsp3) is 0.395. The lowest BCUT2D eigenvalue weighted by Crippen LogP contribution is -2.28. The third-order valence-corrected chi connectivity index (χ3v) is 9.59. The molecule has 0 fully saturated rings. The molecule has 6 aromatic rings. The molecule has 0 saturated carbocycles. The van der Waals surface area contributed by atoms with Gasteiger partial charge in [0.2, 0.25) is 5.56 Å². The molecule has 0 spiro atoms. The molecule has 0 saturated heterocycles. The van der Waals surface area contributed by atoms with Gasteiger partial charge < -0.3 is 4.98 Å². The molecule has 0 aliphatic rings. The van der Waals surface area contributed by atoms with Crippen molar-refractivity contribution in [3.8, 4) is 0 Å². The minimum Gasteiger partial charge on any atom is -0.325 e. The first-order chi connectivity index (χ1) is 21.0. The zero-order valence-corrected chi connectivity index (χ0v) is 28.1. The van der Waals surface area contributed by atoms with Crippen molar-refractivity contribution >= 4 is 32.6 Å². The molecule has 3 aromatic carbocycles. The van der Waals surface area contributed by atoms with Crippen LogP contribution in [0.3, 0.4) is 0 Å². The number of pyridine rings is 1. The Bertz CT molecular complexity index is 2170. The van der Waals surface area contributed by atoms with Crippen molar-refractivity contribution in [1.29, 1.82) is 0 Å².